The van der Waals surface area contributed by atoms with Gasteiger partial charge in [-0.15, -0.1) is 0 Å². The topological polar surface area (TPSA) is 53.4 Å². The molecule has 0 spiro atoms. The van der Waals surface area contributed by atoms with Crippen molar-refractivity contribution >= 4 is 11.8 Å². The molecule has 4 heteroatoms. The second kappa shape index (κ2) is 5.38. The lowest BCUT2D eigenvalue weighted by molar-refractivity contribution is 0.0696. The molecular formula is C14H20N2O2. The molecule has 98 valence electrons. The second-order valence-corrected chi connectivity index (χ2v) is 5.00. The van der Waals surface area contributed by atoms with Crippen LogP contribution in [-0.4, -0.2) is 29.1 Å². The summed E-state index contributed by atoms with van der Waals surface area (Å²) >= 11 is 0. The fraction of sp³-hybridized carbons (Fsp3) is 0.571. The Hall–Kier alpha value is -1.58. The quantitative estimate of drug-likeness (QED) is 0.893. The number of pyridine rings is 1. The average molecular weight is 248 g/mol. The molecule has 1 N–H and O–H groups in total. The van der Waals surface area contributed by atoms with Crippen LogP contribution in [0.3, 0.4) is 0 Å². The fourth-order valence-electron chi connectivity index (χ4n) is 2.51. The summed E-state index contributed by atoms with van der Waals surface area (Å²) in [6.45, 7) is 6.03. The van der Waals surface area contributed by atoms with Gasteiger partial charge in [0.15, 0.2) is 0 Å². The highest BCUT2D eigenvalue weighted by Crippen LogP contribution is 2.24. The molecular weight excluding hydrogens is 228 g/mol. The number of aryl methyl sites for hydroxylation is 1. The number of carboxylic acid groups (broad SMARTS) is 1. The molecule has 2 heterocycles. The minimum atomic E-state index is -0.884. The number of aromatic carboxylic acids is 1. The summed E-state index contributed by atoms with van der Waals surface area (Å²) in [6.07, 6.45) is 3.58. The maximum absolute atomic E-state index is 11.0. The van der Waals surface area contributed by atoms with E-state index in [2.05, 4.69) is 16.8 Å². The van der Waals surface area contributed by atoms with Crippen molar-refractivity contribution in [1.82, 2.24) is 4.98 Å². The van der Waals surface area contributed by atoms with Gasteiger partial charge in [-0.05, 0) is 37.8 Å². The van der Waals surface area contributed by atoms with Crippen LogP contribution >= 0.6 is 0 Å². The largest absolute Gasteiger partial charge is 0.478 e. The number of anilines is 1. The fourth-order valence-corrected chi connectivity index (χ4v) is 2.51. The minimum Gasteiger partial charge on any atom is -0.478 e. The van der Waals surface area contributed by atoms with E-state index < -0.39 is 5.97 Å². The van der Waals surface area contributed by atoms with Crippen molar-refractivity contribution in [3.63, 3.8) is 0 Å². The Bertz CT molecular complexity index is 437. The lowest BCUT2D eigenvalue weighted by Crippen LogP contribution is -2.34. The number of piperidine rings is 1. The van der Waals surface area contributed by atoms with Crippen LogP contribution < -0.4 is 4.90 Å². The summed E-state index contributed by atoms with van der Waals surface area (Å²) in [7, 11) is 0. The van der Waals surface area contributed by atoms with Crippen molar-refractivity contribution in [2.24, 2.45) is 5.92 Å². The predicted molar refractivity (Wildman–Crippen MR) is 71.2 cm³/mol. The third-order valence-electron chi connectivity index (χ3n) is 3.70. The van der Waals surface area contributed by atoms with Gasteiger partial charge in [0.25, 0.3) is 0 Å². The lowest BCUT2D eigenvalue weighted by atomic mass is 9.94. The molecule has 0 unspecified atom stereocenters. The summed E-state index contributed by atoms with van der Waals surface area (Å²) in [6, 6.07) is 3.30. The van der Waals surface area contributed by atoms with Crippen LogP contribution in [-0.2, 0) is 0 Å². The van der Waals surface area contributed by atoms with Gasteiger partial charge in [0.2, 0.25) is 0 Å². The van der Waals surface area contributed by atoms with Crippen LogP contribution in [0.2, 0.25) is 0 Å². The highest BCUT2D eigenvalue weighted by molar-refractivity contribution is 5.88. The van der Waals surface area contributed by atoms with Crippen LogP contribution in [0.25, 0.3) is 0 Å². The van der Waals surface area contributed by atoms with E-state index in [0.29, 0.717) is 5.56 Å². The van der Waals surface area contributed by atoms with Crippen LogP contribution in [0.4, 0.5) is 5.82 Å². The molecule has 1 aromatic heterocycles. The summed E-state index contributed by atoms with van der Waals surface area (Å²) < 4.78 is 0. The Kier molecular flexibility index (Phi) is 3.84. The maximum Gasteiger partial charge on any atom is 0.335 e. The van der Waals surface area contributed by atoms with Crippen molar-refractivity contribution in [2.45, 2.75) is 33.1 Å². The van der Waals surface area contributed by atoms with Crippen molar-refractivity contribution in [3.05, 3.63) is 23.4 Å². The molecule has 18 heavy (non-hydrogen) atoms. The number of hydrogen-bond donors (Lipinski definition) is 1. The molecule has 1 aromatic rings. The van der Waals surface area contributed by atoms with Gasteiger partial charge < -0.3 is 10.0 Å². The predicted octanol–water partition coefficient (Wildman–Crippen LogP) is 2.71. The number of rotatable bonds is 3. The minimum absolute atomic E-state index is 0.329. The molecule has 0 aromatic carbocycles. The van der Waals surface area contributed by atoms with E-state index in [9.17, 15) is 4.79 Å². The van der Waals surface area contributed by atoms with Crippen LogP contribution in [0.1, 0.15) is 42.2 Å². The molecule has 0 amide bonds. The molecule has 2 rings (SSSR count). The first-order chi connectivity index (χ1) is 8.60. The molecule has 4 nitrogen and oxygen atoms in total. The van der Waals surface area contributed by atoms with Gasteiger partial charge in [0.1, 0.15) is 5.82 Å². The highest BCUT2D eigenvalue weighted by atomic mass is 16.4. The number of aromatic nitrogens is 1. The van der Waals surface area contributed by atoms with Crippen LogP contribution in [0.5, 0.6) is 0 Å². The first kappa shape index (κ1) is 12.9. The number of nitrogens with zero attached hydrogens (tertiary/aromatic N) is 2. The zero-order chi connectivity index (χ0) is 13.1. The number of carbonyl (C=O) groups is 1. The van der Waals surface area contributed by atoms with E-state index in [0.717, 1.165) is 30.5 Å². The van der Waals surface area contributed by atoms with Gasteiger partial charge in [-0.2, -0.15) is 0 Å². The van der Waals surface area contributed by atoms with Gasteiger partial charge >= 0.3 is 5.97 Å². The summed E-state index contributed by atoms with van der Waals surface area (Å²) in [4.78, 5) is 17.7. The van der Waals surface area contributed by atoms with Gasteiger partial charge in [0.05, 0.1) is 5.56 Å². The Morgan fingerprint density at radius 1 is 1.44 bits per heavy atom. The third-order valence-corrected chi connectivity index (χ3v) is 3.70. The molecule has 1 fully saturated rings. The Morgan fingerprint density at radius 3 is 2.67 bits per heavy atom. The molecule has 0 saturated carbocycles. The Balaban J connectivity index is 2.16. The van der Waals surface area contributed by atoms with E-state index in [1.165, 1.54) is 19.3 Å². The molecule has 0 atom stereocenters. The first-order valence-corrected chi connectivity index (χ1v) is 6.57. The van der Waals surface area contributed by atoms with E-state index in [1.807, 2.05) is 6.92 Å². The third kappa shape index (κ3) is 2.81. The molecule has 0 radical (unpaired) electrons. The zero-order valence-corrected chi connectivity index (χ0v) is 11.0. The summed E-state index contributed by atoms with van der Waals surface area (Å²) in [5.41, 5.74) is 1.10. The van der Waals surface area contributed by atoms with Gasteiger partial charge in [-0.25, -0.2) is 9.78 Å². The molecule has 0 bridgehead atoms. The van der Waals surface area contributed by atoms with Crippen LogP contribution in [0, 0.1) is 12.8 Å². The lowest BCUT2D eigenvalue weighted by Gasteiger charge is -2.32. The normalized spacial score (nSPS) is 16.9. The second-order valence-electron chi connectivity index (χ2n) is 5.00. The first-order valence-electron chi connectivity index (χ1n) is 6.57. The van der Waals surface area contributed by atoms with E-state index in [-0.39, 0.29) is 0 Å². The number of carboxylic acids is 1. The van der Waals surface area contributed by atoms with E-state index in [4.69, 9.17) is 5.11 Å². The van der Waals surface area contributed by atoms with Crippen molar-refractivity contribution in [1.29, 1.82) is 0 Å². The highest BCUT2D eigenvalue weighted by Gasteiger charge is 2.19. The Labute approximate surface area is 108 Å². The van der Waals surface area contributed by atoms with Crippen molar-refractivity contribution < 1.29 is 9.90 Å². The van der Waals surface area contributed by atoms with Crippen molar-refractivity contribution in [2.75, 3.05) is 18.0 Å². The van der Waals surface area contributed by atoms with E-state index >= 15 is 0 Å². The SMILES string of the molecule is CCC1CCN(c2cc(C(=O)O)cc(C)n2)CC1. The molecule has 1 aliphatic rings. The van der Waals surface area contributed by atoms with E-state index in [1.54, 1.807) is 12.1 Å². The monoisotopic (exact) mass is 248 g/mol. The molecule has 1 aliphatic heterocycles. The maximum atomic E-state index is 11.0. The van der Waals surface area contributed by atoms with Gasteiger partial charge in [-0.3, -0.25) is 0 Å². The Morgan fingerprint density at radius 2 is 2.11 bits per heavy atom. The number of hydrogen-bond acceptors (Lipinski definition) is 3. The molecule has 1 saturated heterocycles. The van der Waals surface area contributed by atoms with Crippen molar-refractivity contribution in [3.8, 4) is 0 Å². The van der Waals surface area contributed by atoms with Gasteiger partial charge in [-0.1, -0.05) is 13.3 Å². The summed E-state index contributed by atoms with van der Waals surface area (Å²) in [5.74, 6) is 0.733. The standard InChI is InChI=1S/C14H20N2O2/c1-3-11-4-6-16(7-5-11)13-9-12(14(17)18)8-10(2)15-13/h8-9,11H,3-7H2,1-2H3,(H,17,18). The molecule has 0 aliphatic carbocycles. The summed E-state index contributed by atoms with van der Waals surface area (Å²) in [5, 5.41) is 9.07. The average Bonchev–Trinajstić information content (AvgIpc) is 2.38. The zero-order valence-electron chi connectivity index (χ0n) is 11.0. The van der Waals surface area contributed by atoms with Crippen LogP contribution in [0.15, 0.2) is 12.1 Å². The van der Waals surface area contributed by atoms with Gasteiger partial charge in [0, 0.05) is 18.8 Å². The smallest absolute Gasteiger partial charge is 0.335 e.